The van der Waals surface area contributed by atoms with Crippen LogP contribution in [0.4, 0.5) is 0 Å². The lowest BCUT2D eigenvalue weighted by Gasteiger charge is -2.08. The third-order valence-electron chi connectivity index (χ3n) is 3.83. The van der Waals surface area contributed by atoms with Crippen molar-refractivity contribution in [3.63, 3.8) is 0 Å². The molecule has 0 saturated heterocycles. The van der Waals surface area contributed by atoms with E-state index in [1.165, 1.54) is 36.5 Å². The van der Waals surface area contributed by atoms with Gasteiger partial charge in [-0.2, -0.15) is 0 Å². The van der Waals surface area contributed by atoms with Gasteiger partial charge in [0.25, 0.3) is 0 Å². The number of carbonyl (C=O) groups excluding carboxylic acids is 1. The van der Waals surface area contributed by atoms with Crippen LogP contribution in [0, 0.1) is 0 Å². The van der Waals surface area contributed by atoms with E-state index in [0.29, 0.717) is 6.42 Å². The predicted molar refractivity (Wildman–Crippen MR) is 89.4 cm³/mol. The fourth-order valence-corrected chi connectivity index (χ4v) is 2.64. The maximum Gasteiger partial charge on any atom is 0.224 e. The number of amides is 1. The minimum Gasteiger partial charge on any atom is -0.356 e. The van der Waals surface area contributed by atoms with Gasteiger partial charge in [-0.15, -0.1) is 0 Å². The van der Waals surface area contributed by atoms with Crippen molar-refractivity contribution in [2.75, 3.05) is 6.54 Å². The fourth-order valence-electron chi connectivity index (χ4n) is 2.64. The van der Waals surface area contributed by atoms with Crippen LogP contribution in [0.15, 0.2) is 42.5 Å². The van der Waals surface area contributed by atoms with E-state index in [9.17, 15) is 4.79 Å². The molecule has 0 aliphatic carbocycles. The van der Waals surface area contributed by atoms with Crippen molar-refractivity contribution < 1.29 is 4.79 Å². The molecule has 0 heterocycles. The highest BCUT2D eigenvalue weighted by Crippen LogP contribution is 2.18. The molecule has 2 heteroatoms. The van der Waals surface area contributed by atoms with E-state index in [4.69, 9.17) is 0 Å². The molecule has 1 N–H and O–H groups in total. The predicted octanol–water partition coefficient (Wildman–Crippen LogP) is 4.47. The average molecular weight is 283 g/mol. The van der Waals surface area contributed by atoms with Crippen LogP contribution in [0.3, 0.4) is 0 Å². The van der Waals surface area contributed by atoms with Crippen molar-refractivity contribution in [1.29, 1.82) is 0 Å². The Labute approximate surface area is 127 Å². The molecular formula is C19H25NO. The second-order valence-electron chi connectivity index (χ2n) is 5.58. The first kappa shape index (κ1) is 15.6. The van der Waals surface area contributed by atoms with Gasteiger partial charge in [-0.3, -0.25) is 4.79 Å². The highest BCUT2D eigenvalue weighted by Gasteiger charge is 2.06. The van der Waals surface area contributed by atoms with Gasteiger partial charge in [0.1, 0.15) is 0 Å². The maximum absolute atomic E-state index is 12.0. The summed E-state index contributed by atoms with van der Waals surface area (Å²) in [6.45, 7) is 3.01. The number of benzene rings is 2. The third-order valence-corrected chi connectivity index (χ3v) is 3.83. The van der Waals surface area contributed by atoms with Crippen molar-refractivity contribution in [2.45, 2.75) is 45.4 Å². The lowest BCUT2D eigenvalue weighted by molar-refractivity contribution is -0.120. The molecule has 0 unspecified atom stereocenters. The minimum atomic E-state index is 0.127. The Kier molecular flexibility index (Phi) is 6.26. The van der Waals surface area contributed by atoms with E-state index in [1.807, 2.05) is 24.3 Å². The van der Waals surface area contributed by atoms with Gasteiger partial charge in [0.15, 0.2) is 0 Å². The fraction of sp³-hybridized carbons (Fsp3) is 0.421. The average Bonchev–Trinajstić information content (AvgIpc) is 2.51. The number of hydrogen-bond acceptors (Lipinski definition) is 1. The molecule has 0 fully saturated rings. The van der Waals surface area contributed by atoms with E-state index >= 15 is 0 Å². The molecule has 0 aliphatic heterocycles. The van der Waals surface area contributed by atoms with Gasteiger partial charge in [-0.1, -0.05) is 75.1 Å². The first-order valence-corrected chi connectivity index (χ1v) is 8.04. The monoisotopic (exact) mass is 283 g/mol. The van der Waals surface area contributed by atoms with Gasteiger partial charge < -0.3 is 5.32 Å². The van der Waals surface area contributed by atoms with Gasteiger partial charge in [0, 0.05) is 6.54 Å². The number of fused-ring (bicyclic) bond motifs is 1. The number of unbranched alkanes of at least 4 members (excludes halogenated alkanes) is 4. The van der Waals surface area contributed by atoms with Crippen molar-refractivity contribution in [3.05, 3.63) is 48.0 Å². The lowest BCUT2D eigenvalue weighted by atomic mass is 10.0. The Morgan fingerprint density at radius 1 is 0.952 bits per heavy atom. The summed E-state index contributed by atoms with van der Waals surface area (Å²) in [7, 11) is 0. The van der Waals surface area contributed by atoms with Crippen molar-refractivity contribution >= 4 is 16.7 Å². The van der Waals surface area contributed by atoms with Crippen LogP contribution in [0.5, 0.6) is 0 Å². The van der Waals surface area contributed by atoms with Gasteiger partial charge in [-0.25, -0.2) is 0 Å². The standard InChI is InChI=1S/C19H25NO/c1-2-3-4-5-8-14-20-19(21)15-17-12-9-11-16-10-6-7-13-18(16)17/h6-7,9-13H,2-5,8,14-15H2,1H3,(H,20,21). The van der Waals surface area contributed by atoms with Crippen molar-refractivity contribution in [1.82, 2.24) is 5.32 Å². The quantitative estimate of drug-likeness (QED) is 0.712. The molecule has 112 valence electrons. The molecule has 0 aliphatic rings. The van der Waals surface area contributed by atoms with Crippen LogP contribution in [0.25, 0.3) is 10.8 Å². The molecule has 2 nitrogen and oxygen atoms in total. The third kappa shape index (κ3) is 4.89. The van der Waals surface area contributed by atoms with Gasteiger partial charge in [0.05, 0.1) is 6.42 Å². The van der Waals surface area contributed by atoms with E-state index in [2.05, 4.69) is 30.4 Å². The Bertz CT molecular complexity index is 571. The Morgan fingerprint density at radius 3 is 2.57 bits per heavy atom. The Morgan fingerprint density at radius 2 is 1.71 bits per heavy atom. The summed E-state index contributed by atoms with van der Waals surface area (Å²) in [5.74, 6) is 0.127. The number of carbonyl (C=O) groups is 1. The topological polar surface area (TPSA) is 29.1 Å². The molecule has 0 atom stereocenters. The van der Waals surface area contributed by atoms with Crippen molar-refractivity contribution in [2.24, 2.45) is 0 Å². The zero-order valence-electron chi connectivity index (χ0n) is 12.9. The highest BCUT2D eigenvalue weighted by atomic mass is 16.1. The Hall–Kier alpha value is -1.83. The summed E-state index contributed by atoms with van der Waals surface area (Å²) >= 11 is 0. The summed E-state index contributed by atoms with van der Waals surface area (Å²) < 4.78 is 0. The van der Waals surface area contributed by atoms with Crippen LogP contribution in [0.2, 0.25) is 0 Å². The van der Waals surface area contributed by atoms with Gasteiger partial charge in [-0.05, 0) is 22.8 Å². The minimum absolute atomic E-state index is 0.127. The molecule has 2 aromatic carbocycles. The van der Waals surface area contributed by atoms with Crippen LogP contribution in [-0.4, -0.2) is 12.5 Å². The molecule has 21 heavy (non-hydrogen) atoms. The summed E-state index contributed by atoms with van der Waals surface area (Å²) in [5.41, 5.74) is 1.11. The second-order valence-corrected chi connectivity index (χ2v) is 5.58. The van der Waals surface area contributed by atoms with E-state index in [0.717, 1.165) is 18.5 Å². The molecule has 2 aromatic rings. The zero-order valence-corrected chi connectivity index (χ0v) is 12.9. The molecule has 0 bridgehead atoms. The van der Waals surface area contributed by atoms with E-state index < -0.39 is 0 Å². The number of nitrogens with one attached hydrogen (secondary N) is 1. The molecule has 0 spiro atoms. The summed E-state index contributed by atoms with van der Waals surface area (Å²) in [4.78, 5) is 12.0. The van der Waals surface area contributed by atoms with Crippen LogP contribution in [-0.2, 0) is 11.2 Å². The summed E-state index contributed by atoms with van der Waals surface area (Å²) in [6.07, 6.45) is 6.59. The van der Waals surface area contributed by atoms with Crippen LogP contribution in [0.1, 0.15) is 44.6 Å². The number of rotatable bonds is 8. The number of hydrogen-bond donors (Lipinski definition) is 1. The van der Waals surface area contributed by atoms with Gasteiger partial charge in [0.2, 0.25) is 5.91 Å². The second kappa shape index (κ2) is 8.46. The lowest BCUT2D eigenvalue weighted by Crippen LogP contribution is -2.26. The van der Waals surface area contributed by atoms with E-state index in [-0.39, 0.29) is 5.91 Å². The molecule has 0 saturated carbocycles. The summed E-state index contributed by atoms with van der Waals surface area (Å²) in [5, 5.41) is 5.41. The summed E-state index contributed by atoms with van der Waals surface area (Å²) in [6, 6.07) is 14.4. The van der Waals surface area contributed by atoms with Gasteiger partial charge >= 0.3 is 0 Å². The smallest absolute Gasteiger partial charge is 0.224 e. The SMILES string of the molecule is CCCCCCCNC(=O)Cc1cccc2ccccc12. The molecule has 0 aromatic heterocycles. The van der Waals surface area contributed by atoms with Crippen LogP contribution < -0.4 is 5.32 Å². The van der Waals surface area contributed by atoms with E-state index in [1.54, 1.807) is 0 Å². The molecule has 2 rings (SSSR count). The zero-order chi connectivity index (χ0) is 14.9. The first-order chi connectivity index (χ1) is 10.3. The van der Waals surface area contributed by atoms with Crippen molar-refractivity contribution in [3.8, 4) is 0 Å². The highest BCUT2D eigenvalue weighted by molar-refractivity contribution is 5.90. The normalized spacial score (nSPS) is 10.7. The largest absolute Gasteiger partial charge is 0.356 e. The van der Waals surface area contributed by atoms with Crippen LogP contribution >= 0.6 is 0 Å². The molecule has 0 radical (unpaired) electrons. The molecular weight excluding hydrogens is 258 g/mol. The first-order valence-electron chi connectivity index (χ1n) is 8.04. The maximum atomic E-state index is 12.0. The molecule has 1 amide bonds. The Balaban J connectivity index is 1.82.